The molecule has 2 fully saturated rings. The number of rotatable bonds is 2. The van der Waals surface area contributed by atoms with Gasteiger partial charge < -0.3 is 10.4 Å². The lowest BCUT2D eigenvalue weighted by Gasteiger charge is -2.28. The average molecular weight is 254 g/mol. The van der Waals surface area contributed by atoms with Gasteiger partial charge >= 0.3 is 0 Å². The number of hydrogen-bond donors (Lipinski definition) is 2. The highest BCUT2D eigenvalue weighted by Crippen LogP contribution is 2.38. The Morgan fingerprint density at radius 1 is 1.33 bits per heavy atom. The molecule has 2 N–H and O–H groups in total. The van der Waals surface area contributed by atoms with Crippen LogP contribution >= 0.6 is 0 Å². The fourth-order valence-electron chi connectivity index (χ4n) is 3.23. The highest BCUT2D eigenvalue weighted by atomic mass is 16.3. The van der Waals surface area contributed by atoms with E-state index >= 15 is 0 Å². The first-order valence-corrected chi connectivity index (χ1v) is 7.02. The Morgan fingerprint density at radius 2 is 2.00 bits per heavy atom. The smallest absolute Gasteiger partial charge is 0.237 e. The molecule has 4 unspecified atom stereocenters. The summed E-state index contributed by atoms with van der Waals surface area (Å²) in [6.45, 7) is 9.79. The number of nitrogens with one attached hydrogen (secondary N) is 1. The van der Waals surface area contributed by atoms with Crippen molar-refractivity contribution in [2.75, 3.05) is 13.1 Å². The highest BCUT2D eigenvalue weighted by molar-refractivity contribution is 5.82. The summed E-state index contributed by atoms with van der Waals surface area (Å²) in [5.41, 5.74) is -0.180. The summed E-state index contributed by atoms with van der Waals surface area (Å²) in [6.07, 6.45) is 1.89. The Labute approximate surface area is 110 Å². The van der Waals surface area contributed by atoms with Crippen LogP contribution in [0.25, 0.3) is 0 Å². The predicted molar refractivity (Wildman–Crippen MR) is 71.2 cm³/mol. The van der Waals surface area contributed by atoms with Gasteiger partial charge in [0.2, 0.25) is 5.91 Å². The lowest BCUT2D eigenvalue weighted by molar-refractivity contribution is -0.127. The number of carbonyl (C=O) groups is 1. The molecule has 1 aliphatic heterocycles. The standard InChI is InChI=1S/C14H26N2O2/c1-9(13(18)15-14(2,3)4)16-7-10-5-6-12(17)11(10)8-16/h9-12,17H,5-8H2,1-4H3,(H,15,18). The van der Waals surface area contributed by atoms with Crippen molar-refractivity contribution in [3.05, 3.63) is 0 Å². The van der Waals surface area contributed by atoms with Crippen molar-refractivity contribution < 1.29 is 9.90 Å². The summed E-state index contributed by atoms with van der Waals surface area (Å²) >= 11 is 0. The summed E-state index contributed by atoms with van der Waals surface area (Å²) < 4.78 is 0. The quantitative estimate of drug-likeness (QED) is 0.773. The molecule has 1 amide bonds. The molecule has 4 nitrogen and oxygen atoms in total. The fraction of sp³-hybridized carbons (Fsp3) is 0.929. The molecule has 0 aromatic heterocycles. The van der Waals surface area contributed by atoms with E-state index in [2.05, 4.69) is 10.2 Å². The van der Waals surface area contributed by atoms with Crippen LogP contribution in [-0.4, -0.2) is 46.7 Å². The van der Waals surface area contributed by atoms with Gasteiger partial charge in [-0.1, -0.05) is 0 Å². The largest absolute Gasteiger partial charge is 0.393 e. The van der Waals surface area contributed by atoms with E-state index in [1.807, 2.05) is 27.7 Å². The van der Waals surface area contributed by atoms with E-state index in [4.69, 9.17) is 0 Å². The number of aliphatic hydroxyl groups is 1. The highest BCUT2D eigenvalue weighted by Gasteiger charge is 2.44. The topological polar surface area (TPSA) is 52.6 Å². The van der Waals surface area contributed by atoms with Gasteiger partial charge in [0.1, 0.15) is 0 Å². The first-order valence-electron chi connectivity index (χ1n) is 7.02. The zero-order valence-corrected chi connectivity index (χ0v) is 11.9. The van der Waals surface area contributed by atoms with Crippen molar-refractivity contribution in [1.29, 1.82) is 0 Å². The van der Waals surface area contributed by atoms with Gasteiger partial charge in [-0.05, 0) is 46.5 Å². The Kier molecular flexibility index (Phi) is 3.70. The number of likely N-dealkylation sites (tertiary alicyclic amines) is 1. The second-order valence-electron chi connectivity index (χ2n) is 6.94. The minimum atomic E-state index is -0.180. The maximum atomic E-state index is 12.1. The molecule has 18 heavy (non-hydrogen) atoms. The van der Waals surface area contributed by atoms with Crippen LogP contribution in [0, 0.1) is 11.8 Å². The van der Waals surface area contributed by atoms with E-state index in [0.717, 1.165) is 25.9 Å². The molecule has 1 heterocycles. The molecule has 0 aromatic rings. The molecule has 2 aliphatic rings. The first kappa shape index (κ1) is 13.8. The molecule has 0 spiro atoms. The van der Waals surface area contributed by atoms with E-state index < -0.39 is 0 Å². The number of fused-ring (bicyclic) bond motifs is 1. The maximum Gasteiger partial charge on any atom is 0.237 e. The van der Waals surface area contributed by atoms with Crippen LogP contribution in [0.15, 0.2) is 0 Å². The van der Waals surface area contributed by atoms with E-state index in [-0.39, 0.29) is 23.6 Å². The summed E-state index contributed by atoms with van der Waals surface area (Å²) in [5.74, 6) is 1.07. The van der Waals surface area contributed by atoms with E-state index in [1.54, 1.807) is 0 Å². The molecule has 4 atom stereocenters. The summed E-state index contributed by atoms with van der Waals surface area (Å²) in [4.78, 5) is 14.4. The second kappa shape index (κ2) is 4.82. The second-order valence-corrected chi connectivity index (χ2v) is 6.94. The molecule has 0 radical (unpaired) electrons. The third-order valence-corrected chi connectivity index (χ3v) is 4.27. The number of amides is 1. The first-order chi connectivity index (χ1) is 8.28. The van der Waals surface area contributed by atoms with E-state index in [0.29, 0.717) is 11.8 Å². The Balaban J connectivity index is 1.91. The normalized spacial score (nSPS) is 34.4. The molecule has 0 aromatic carbocycles. The Bertz CT molecular complexity index is 324. The SMILES string of the molecule is CC(C(=O)NC(C)(C)C)N1CC2CCC(O)C2C1. The Hall–Kier alpha value is -0.610. The van der Waals surface area contributed by atoms with Crippen LogP contribution in [0.1, 0.15) is 40.5 Å². The predicted octanol–water partition coefficient (Wildman–Crippen LogP) is 0.992. The lowest BCUT2D eigenvalue weighted by Crippen LogP contribution is -2.50. The van der Waals surface area contributed by atoms with Crippen LogP contribution in [0.2, 0.25) is 0 Å². The van der Waals surface area contributed by atoms with Crippen LogP contribution in [-0.2, 0) is 4.79 Å². The molecule has 2 rings (SSSR count). The number of aliphatic hydroxyl groups excluding tert-OH is 1. The van der Waals surface area contributed by atoms with Crippen molar-refractivity contribution in [3.8, 4) is 0 Å². The van der Waals surface area contributed by atoms with Crippen molar-refractivity contribution in [1.82, 2.24) is 10.2 Å². The molecule has 1 saturated carbocycles. The minimum absolute atomic E-state index is 0.0944. The van der Waals surface area contributed by atoms with Gasteiger partial charge in [-0.25, -0.2) is 0 Å². The monoisotopic (exact) mass is 254 g/mol. The van der Waals surface area contributed by atoms with Crippen LogP contribution in [0.4, 0.5) is 0 Å². The van der Waals surface area contributed by atoms with Gasteiger partial charge in [-0.3, -0.25) is 9.69 Å². The van der Waals surface area contributed by atoms with Gasteiger partial charge in [-0.15, -0.1) is 0 Å². The van der Waals surface area contributed by atoms with Crippen molar-refractivity contribution in [2.24, 2.45) is 11.8 Å². The van der Waals surface area contributed by atoms with Gasteiger partial charge in [-0.2, -0.15) is 0 Å². The van der Waals surface area contributed by atoms with Crippen LogP contribution in [0.5, 0.6) is 0 Å². The third kappa shape index (κ3) is 2.86. The Morgan fingerprint density at radius 3 is 2.56 bits per heavy atom. The molecular formula is C14H26N2O2. The fourth-order valence-corrected chi connectivity index (χ4v) is 3.23. The van der Waals surface area contributed by atoms with Crippen LogP contribution < -0.4 is 5.32 Å². The number of nitrogens with zero attached hydrogens (tertiary/aromatic N) is 1. The summed E-state index contributed by atoms with van der Waals surface area (Å²) in [6, 6.07) is -0.0953. The zero-order chi connectivity index (χ0) is 13.5. The van der Waals surface area contributed by atoms with Gasteiger partial charge in [0.25, 0.3) is 0 Å². The molecular weight excluding hydrogens is 228 g/mol. The molecule has 1 saturated heterocycles. The average Bonchev–Trinajstić information content (AvgIpc) is 2.77. The van der Waals surface area contributed by atoms with Crippen molar-refractivity contribution in [2.45, 2.75) is 58.2 Å². The van der Waals surface area contributed by atoms with Crippen molar-refractivity contribution in [3.63, 3.8) is 0 Å². The summed E-state index contributed by atoms with van der Waals surface area (Å²) in [7, 11) is 0. The molecule has 1 aliphatic carbocycles. The van der Waals surface area contributed by atoms with Gasteiger partial charge in [0.05, 0.1) is 12.1 Å². The van der Waals surface area contributed by atoms with E-state index in [1.165, 1.54) is 0 Å². The van der Waals surface area contributed by atoms with Gasteiger partial charge in [0.15, 0.2) is 0 Å². The zero-order valence-electron chi connectivity index (χ0n) is 11.9. The number of carbonyl (C=O) groups excluding carboxylic acids is 1. The minimum Gasteiger partial charge on any atom is -0.393 e. The molecule has 104 valence electrons. The van der Waals surface area contributed by atoms with Gasteiger partial charge in [0, 0.05) is 24.5 Å². The molecule has 4 heteroatoms. The molecule has 0 bridgehead atoms. The maximum absolute atomic E-state index is 12.1. The lowest BCUT2D eigenvalue weighted by atomic mass is 10.00. The number of hydrogen-bond acceptors (Lipinski definition) is 3. The summed E-state index contributed by atoms with van der Waals surface area (Å²) in [5, 5.41) is 12.9. The van der Waals surface area contributed by atoms with E-state index in [9.17, 15) is 9.90 Å². The van der Waals surface area contributed by atoms with Crippen LogP contribution in [0.3, 0.4) is 0 Å². The van der Waals surface area contributed by atoms with Crippen molar-refractivity contribution >= 4 is 5.91 Å². The third-order valence-electron chi connectivity index (χ3n) is 4.27.